The smallest absolute Gasteiger partial charge is 0.248 e. The fourth-order valence-corrected chi connectivity index (χ4v) is 2.69. The highest BCUT2D eigenvalue weighted by atomic mass is 19.2. The lowest BCUT2D eigenvalue weighted by molar-refractivity contribution is 0.479. The summed E-state index contributed by atoms with van der Waals surface area (Å²) in [7, 11) is 0. The fourth-order valence-electron chi connectivity index (χ4n) is 2.69. The van der Waals surface area contributed by atoms with Crippen LogP contribution < -0.4 is 0 Å². The van der Waals surface area contributed by atoms with Crippen LogP contribution in [0.2, 0.25) is 0 Å². The van der Waals surface area contributed by atoms with Crippen LogP contribution in [-0.2, 0) is 0 Å². The van der Waals surface area contributed by atoms with Crippen molar-refractivity contribution >= 4 is 0 Å². The quantitative estimate of drug-likeness (QED) is 0.343. The van der Waals surface area contributed by atoms with Crippen molar-refractivity contribution in [2.45, 2.75) is 0 Å². The Morgan fingerprint density at radius 3 is 1.20 bits per heavy atom. The third kappa shape index (κ3) is 3.71. The molecule has 4 rings (SSSR count). The monoisotopic (exact) mass is 418 g/mol. The number of aromatic nitrogens is 4. The molecule has 0 spiro atoms. The molecule has 4 aromatic heterocycles. The largest absolute Gasteiger partial charge is 0.248 e. The van der Waals surface area contributed by atoms with Crippen molar-refractivity contribution in [2.75, 3.05) is 0 Å². The molecule has 0 atom stereocenters. The Morgan fingerprint density at radius 1 is 0.433 bits per heavy atom. The van der Waals surface area contributed by atoms with E-state index in [-0.39, 0.29) is 33.6 Å². The molecule has 0 bridgehead atoms. The lowest BCUT2D eigenvalue weighted by Crippen LogP contribution is -1.97. The van der Waals surface area contributed by atoms with Gasteiger partial charge in [-0.2, -0.15) is 13.2 Å². The van der Waals surface area contributed by atoms with Crippen molar-refractivity contribution in [1.29, 1.82) is 0 Å². The zero-order valence-corrected chi connectivity index (χ0v) is 14.7. The Kier molecular flexibility index (Phi) is 4.90. The predicted molar refractivity (Wildman–Crippen MR) is 93.7 cm³/mol. The highest BCUT2D eigenvalue weighted by Crippen LogP contribution is 2.31. The van der Waals surface area contributed by atoms with E-state index in [0.717, 1.165) is 36.8 Å². The van der Waals surface area contributed by atoms with Crippen molar-refractivity contribution in [3.63, 3.8) is 0 Å². The van der Waals surface area contributed by atoms with Crippen LogP contribution in [0.15, 0.2) is 48.9 Å². The Morgan fingerprint density at radius 2 is 0.800 bits per heavy atom. The zero-order valence-electron chi connectivity index (χ0n) is 14.7. The van der Waals surface area contributed by atoms with Crippen LogP contribution in [0.3, 0.4) is 0 Å². The molecule has 0 N–H and O–H groups in total. The number of rotatable bonds is 3. The second-order valence-corrected chi connectivity index (χ2v) is 6.12. The van der Waals surface area contributed by atoms with Gasteiger partial charge in [0.1, 0.15) is 0 Å². The summed E-state index contributed by atoms with van der Waals surface area (Å²) in [4.78, 5) is 14.1. The van der Waals surface area contributed by atoms with Gasteiger partial charge in [0.15, 0.2) is 17.5 Å². The summed E-state index contributed by atoms with van der Waals surface area (Å²) in [6.07, 6.45) is 3.08. The SMILES string of the molecule is Fc1cc(-c2cc(-c3cnc(F)c(F)c3)nc(-c3cnc(F)c(F)c3)c2)cnc1F. The van der Waals surface area contributed by atoms with E-state index in [1.807, 2.05) is 0 Å². The fraction of sp³-hybridized carbons (Fsp3) is 0. The molecule has 0 saturated heterocycles. The Bertz CT molecular complexity index is 1110. The van der Waals surface area contributed by atoms with Crippen LogP contribution in [0.25, 0.3) is 33.6 Å². The molecule has 4 heterocycles. The van der Waals surface area contributed by atoms with Crippen molar-refractivity contribution in [2.24, 2.45) is 0 Å². The molecule has 0 amide bonds. The van der Waals surface area contributed by atoms with E-state index in [1.165, 1.54) is 12.1 Å². The molecule has 0 aliphatic carbocycles. The molecule has 150 valence electrons. The molecule has 0 aliphatic heterocycles. The summed E-state index contributed by atoms with van der Waals surface area (Å²) in [6, 6.07) is 5.30. The van der Waals surface area contributed by atoms with Crippen molar-refractivity contribution < 1.29 is 26.3 Å². The zero-order chi connectivity index (χ0) is 21.4. The van der Waals surface area contributed by atoms with Gasteiger partial charge in [0.2, 0.25) is 17.8 Å². The number of hydrogen-bond donors (Lipinski definition) is 0. The first kappa shape index (κ1) is 19.5. The molecule has 0 radical (unpaired) electrons. The predicted octanol–water partition coefficient (Wildman–Crippen LogP) is 5.10. The van der Waals surface area contributed by atoms with Crippen LogP contribution in [0.4, 0.5) is 26.3 Å². The van der Waals surface area contributed by atoms with Gasteiger partial charge in [0, 0.05) is 35.3 Å². The number of hydrogen-bond acceptors (Lipinski definition) is 4. The van der Waals surface area contributed by atoms with Gasteiger partial charge < -0.3 is 0 Å². The van der Waals surface area contributed by atoms with Gasteiger partial charge in [-0.3, -0.25) is 0 Å². The van der Waals surface area contributed by atoms with E-state index in [1.54, 1.807) is 0 Å². The standard InChI is InChI=1S/C20H8F6N4/c21-13-1-10(6-27-18(13)24)9-4-16(11-2-14(22)19(25)28-7-11)30-17(5-9)12-3-15(23)20(26)29-8-12/h1-8H. The minimum atomic E-state index is -1.32. The maximum Gasteiger partial charge on any atom is 0.248 e. The first-order chi connectivity index (χ1) is 14.3. The van der Waals surface area contributed by atoms with Crippen LogP contribution >= 0.6 is 0 Å². The molecule has 0 aliphatic rings. The molecule has 0 unspecified atom stereocenters. The molecule has 0 saturated carbocycles. The summed E-state index contributed by atoms with van der Waals surface area (Å²) in [6.45, 7) is 0. The average Bonchev–Trinajstić information content (AvgIpc) is 2.73. The summed E-state index contributed by atoms with van der Waals surface area (Å²) in [5.41, 5.74) is 0.610. The third-order valence-corrected chi connectivity index (χ3v) is 4.14. The van der Waals surface area contributed by atoms with E-state index >= 15 is 0 Å². The molecule has 0 aromatic carbocycles. The minimum absolute atomic E-state index is 0.0584. The Balaban J connectivity index is 1.94. The molecule has 30 heavy (non-hydrogen) atoms. The number of nitrogens with zero attached hydrogens (tertiary/aromatic N) is 4. The highest BCUT2D eigenvalue weighted by Gasteiger charge is 2.15. The van der Waals surface area contributed by atoms with Gasteiger partial charge in [-0.25, -0.2) is 33.1 Å². The first-order valence-electron chi connectivity index (χ1n) is 8.28. The summed E-state index contributed by atoms with van der Waals surface area (Å²) in [5, 5.41) is 0. The van der Waals surface area contributed by atoms with Crippen LogP contribution in [0, 0.1) is 35.3 Å². The Labute approximate surface area is 164 Å². The van der Waals surface area contributed by atoms with Gasteiger partial charge in [0.05, 0.1) is 11.4 Å². The van der Waals surface area contributed by atoms with Gasteiger partial charge in [-0.05, 0) is 35.9 Å². The Hall–Kier alpha value is -3.82. The van der Waals surface area contributed by atoms with Crippen LogP contribution in [0.1, 0.15) is 0 Å². The molecule has 10 heteroatoms. The van der Waals surface area contributed by atoms with E-state index in [4.69, 9.17) is 0 Å². The maximum absolute atomic E-state index is 13.7. The second kappa shape index (κ2) is 7.54. The molecule has 4 nitrogen and oxygen atoms in total. The first-order valence-corrected chi connectivity index (χ1v) is 8.28. The number of pyridine rings is 4. The molecular formula is C20H8F6N4. The summed E-state index contributed by atoms with van der Waals surface area (Å²) in [5.74, 6) is -7.61. The highest BCUT2D eigenvalue weighted by molar-refractivity contribution is 5.75. The van der Waals surface area contributed by atoms with E-state index in [9.17, 15) is 26.3 Å². The van der Waals surface area contributed by atoms with Crippen molar-refractivity contribution in [1.82, 2.24) is 19.9 Å². The second-order valence-electron chi connectivity index (χ2n) is 6.12. The van der Waals surface area contributed by atoms with E-state index in [2.05, 4.69) is 19.9 Å². The van der Waals surface area contributed by atoms with Gasteiger partial charge >= 0.3 is 0 Å². The lowest BCUT2D eigenvalue weighted by Gasteiger charge is -2.10. The lowest BCUT2D eigenvalue weighted by atomic mass is 10.0. The molecule has 4 aromatic rings. The van der Waals surface area contributed by atoms with Gasteiger partial charge in [0.25, 0.3) is 0 Å². The van der Waals surface area contributed by atoms with Crippen LogP contribution in [-0.4, -0.2) is 19.9 Å². The normalized spacial score (nSPS) is 11.0. The topological polar surface area (TPSA) is 51.6 Å². The van der Waals surface area contributed by atoms with E-state index < -0.39 is 35.3 Å². The molecule has 0 fully saturated rings. The summed E-state index contributed by atoms with van der Waals surface area (Å²) >= 11 is 0. The van der Waals surface area contributed by atoms with Gasteiger partial charge in [-0.1, -0.05) is 0 Å². The number of halogens is 6. The minimum Gasteiger partial charge on any atom is -0.248 e. The third-order valence-electron chi connectivity index (χ3n) is 4.14. The summed E-state index contributed by atoms with van der Waals surface area (Å²) < 4.78 is 80.5. The van der Waals surface area contributed by atoms with E-state index in [0.29, 0.717) is 0 Å². The molecular weight excluding hydrogens is 410 g/mol. The van der Waals surface area contributed by atoms with Gasteiger partial charge in [-0.15, -0.1) is 0 Å². The van der Waals surface area contributed by atoms with Crippen molar-refractivity contribution in [3.8, 4) is 33.6 Å². The average molecular weight is 418 g/mol. The van der Waals surface area contributed by atoms with Crippen LogP contribution in [0.5, 0.6) is 0 Å². The maximum atomic E-state index is 13.7. The van der Waals surface area contributed by atoms with Crippen molar-refractivity contribution in [3.05, 3.63) is 84.2 Å².